The van der Waals surface area contributed by atoms with Gasteiger partial charge in [0.2, 0.25) is 0 Å². The van der Waals surface area contributed by atoms with Gasteiger partial charge in [-0.2, -0.15) is 12.7 Å². The van der Waals surface area contributed by atoms with Crippen molar-refractivity contribution in [3.8, 4) is 0 Å². The highest BCUT2D eigenvalue weighted by Gasteiger charge is 2.36. The number of hydrogen-bond acceptors (Lipinski definition) is 3. The molecule has 0 heterocycles. The Hall–Kier alpha value is -0.170. The van der Waals surface area contributed by atoms with Crippen LogP contribution in [0, 0.1) is 0 Å². The first-order chi connectivity index (χ1) is 6.11. The SMILES string of the molecule is CCNS(=O)(=O)N(CCO)C1CC1. The van der Waals surface area contributed by atoms with E-state index < -0.39 is 10.2 Å². The largest absolute Gasteiger partial charge is 0.395 e. The van der Waals surface area contributed by atoms with E-state index in [1.165, 1.54) is 4.31 Å². The lowest BCUT2D eigenvalue weighted by Crippen LogP contribution is -2.43. The quantitative estimate of drug-likeness (QED) is 0.606. The minimum Gasteiger partial charge on any atom is -0.395 e. The molecule has 13 heavy (non-hydrogen) atoms. The molecular weight excluding hydrogens is 192 g/mol. The maximum Gasteiger partial charge on any atom is 0.279 e. The lowest BCUT2D eigenvalue weighted by Gasteiger charge is -2.20. The summed E-state index contributed by atoms with van der Waals surface area (Å²) in [4.78, 5) is 0. The fourth-order valence-electron chi connectivity index (χ4n) is 1.23. The predicted octanol–water partition coefficient (Wildman–Crippen LogP) is -0.703. The summed E-state index contributed by atoms with van der Waals surface area (Å²) in [5.74, 6) is 0. The van der Waals surface area contributed by atoms with Gasteiger partial charge in [0.05, 0.1) is 6.61 Å². The van der Waals surface area contributed by atoms with Crippen molar-refractivity contribution >= 4 is 10.2 Å². The number of nitrogens with one attached hydrogen (secondary N) is 1. The number of nitrogens with zero attached hydrogens (tertiary/aromatic N) is 1. The monoisotopic (exact) mass is 208 g/mol. The van der Waals surface area contributed by atoms with Crippen LogP contribution in [0.25, 0.3) is 0 Å². The summed E-state index contributed by atoms with van der Waals surface area (Å²) in [6, 6.07) is 0.108. The van der Waals surface area contributed by atoms with E-state index in [4.69, 9.17) is 5.11 Å². The first-order valence-corrected chi connectivity index (χ1v) is 5.93. The summed E-state index contributed by atoms with van der Waals surface area (Å²) in [6.45, 7) is 2.19. The van der Waals surface area contributed by atoms with Crippen LogP contribution in [0.15, 0.2) is 0 Å². The molecule has 0 aromatic carbocycles. The van der Waals surface area contributed by atoms with E-state index in [1.54, 1.807) is 6.92 Å². The van der Waals surface area contributed by atoms with Crippen LogP contribution in [0.3, 0.4) is 0 Å². The molecule has 1 fully saturated rings. The number of aliphatic hydroxyl groups excluding tert-OH is 1. The maximum atomic E-state index is 11.5. The van der Waals surface area contributed by atoms with Crippen LogP contribution in [0.2, 0.25) is 0 Å². The van der Waals surface area contributed by atoms with E-state index in [-0.39, 0.29) is 19.2 Å². The van der Waals surface area contributed by atoms with Gasteiger partial charge in [-0.05, 0) is 12.8 Å². The molecule has 0 unspecified atom stereocenters. The normalized spacial score (nSPS) is 18.1. The highest BCUT2D eigenvalue weighted by Crippen LogP contribution is 2.28. The molecule has 78 valence electrons. The summed E-state index contributed by atoms with van der Waals surface area (Å²) in [6.07, 6.45) is 1.81. The summed E-state index contributed by atoms with van der Waals surface area (Å²) in [5.41, 5.74) is 0. The molecular formula is C7H16N2O3S. The molecule has 0 aromatic heterocycles. The molecule has 1 rings (SSSR count). The van der Waals surface area contributed by atoms with Crippen LogP contribution in [-0.2, 0) is 10.2 Å². The zero-order valence-electron chi connectivity index (χ0n) is 7.73. The molecule has 1 aliphatic rings. The van der Waals surface area contributed by atoms with Crippen LogP contribution in [0.1, 0.15) is 19.8 Å². The van der Waals surface area contributed by atoms with Crippen molar-refractivity contribution in [3.63, 3.8) is 0 Å². The molecule has 0 radical (unpaired) electrons. The predicted molar refractivity (Wildman–Crippen MR) is 49.4 cm³/mol. The smallest absolute Gasteiger partial charge is 0.279 e. The molecule has 0 bridgehead atoms. The van der Waals surface area contributed by atoms with E-state index in [0.29, 0.717) is 6.54 Å². The van der Waals surface area contributed by atoms with Crippen molar-refractivity contribution in [1.29, 1.82) is 0 Å². The number of aliphatic hydroxyl groups is 1. The average molecular weight is 208 g/mol. The minimum atomic E-state index is -3.35. The second kappa shape index (κ2) is 4.36. The molecule has 0 amide bonds. The van der Waals surface area contributed by atoms with E-state index in [1.807, 2.05) is 0 Å². The summed E-state index contributed by atoms with van der Waals surface area (Å²) in [7, 11) is -3.35. The van der Waals surface area contributed by atoms with Crippen LogP contribution in [-0.4, -0.2) is 43.6 Å². The van der Waals surface area contributed by atoms with Crippen molar-refractivity contribution in [2.24, 2.45) is 0 Å². The van der Waals surface area contributed by atoms with E-state index in [0.717, 1.165) is 12.8 Å². The second-order valence-corrected chi connectivity index (χ2v) is 4.78. The van der Waals surface area contributed by atoms with Crippen molar-refractivity contribution < 1.29 is 13.5 Å². The fraction of sp³-hybridized carbons (Fsp3) is 1.00. The third-order valence-electron chi connectivity index (χ3n) is 1.91. The van der Waals surface area contributed by atoms with E-state index in [9.17, 15) is 8.42 Å². The van der Waals surface area contributed by atoms with Gasteiger partial charge in [0.15, 0.2) is 0 Å². The molecule has 0 aromatic rings. The van der Waals surface area contributed by atoms with Gasteiger partial charge in [-0.1, -0.05) is 6.92 Å². The van der Waals surface area contributed by atoms with Gasteiger partial charge < -0.3 is 5.11 Å². The van der Waals surface area contributed by atoms with Gasteiger partial charge >= 0.3 is 0 Å². The Morgan fingerprint density at radius 1 is 1.54 bits per heavy atom. The first kappa shape index (κ1) is 10.9. The Morgan fingerprint density at radius 3 is 2.54 bits per heavy atom. The number of hydrogen-bond donors (Lipinski definition) is 2. The van der Waals surface area contributed by atoms with Crippen molar-refractivity contribution in [2.75, 3.05) is 19.7 Å². The number of rotatable bonds is 6. The van der Waals surface area contributed by atoms with Crippen molar-refractivity contribution in [3.05, 3.63) is 0 Å². The van der Waals surface area contributed by atoms with E-state index in [2.05, 4.69) is 4.72 Å². The standard InChI is InChI=1S/C7H16N2O3S/c1-2-8-13(11,12)9(5-6-10)7-3-4-7/h7-8,10H,2-6H2,1H3. The Morgan fingerprint density at radius 2 is 2.15 bits per heavy atom. The highest BCUT2D eigenvalue weighted by molar-refractivity contribution is 7.87. The highest BCUT2D eigenvalue weighted by atomic mass is 32.2. The van der Waals surface area contributed by atoms with Gasteiger partial charge in [0, 0.05) is 19.1 Å². The third-order valence-corrected chi connectivity index (χ3v) is 3.66. The van der Waals surface area contributed by atoms with Gasteiger partial charge in [0.25, 0.3) is 10.2 Å². The zero-order valence-corrected chi connectivity index (χ0v) is 8.55. The van der Waals surface area contributed by atoms with Gasteiger partial charge in [-0.25, -0.2) is 4.72 Å². The lowest BCUT2D eigenvalue weighted by atomic mass is 10.6. The summed E-state index contributed by atoms with van der Waals surface area (Å²) >= 11 is 0. The molecule has 0 saturated heterocycles. The maximum absolute atomic E-state index is 11.5. The van der Waals surface area contributed by atoms with Gasteiger partial charge in [-0.3, -0.25) is 0 Å². The summed E-state index contributed by atoms with van der Waals surface area (Å²) < 4.78 is 26.8. The average Bonchev–Trinajstić information content (AvgIpc) is 2.82. The van der Waals surface area contributed by atoms with Crippen LogP contribution in [0.4, 0.5) is 0 Å². The fourth-order valence-corrected chi connectivity index (χ4v) is 2.68. The van der Waals surface area contributed by atoms with Crippen LogP contribution in [0.5, 0.6) is 0 Å². The summed E-state index contributed by atoms with van der Waals surface area (Å²) in [5, 5.41) is 8.71. The lowest BCUT2D eigenvalue weighted by molar-refractivity contribution is 0.249. The molecule has 1 saturated carbocycles. The molecule has 0 atom stereocenters. The Labute approximate surface area is 78.9 Å². The Bertz CT molecular complexity index is 248. The Kier molecular flexibility index (Phi) is 3.66. The van der Waals surface area contributed by atoms with Gasteiger partial charge in [0.1, 0.15) is 0 Å². The van der Waals surface area contributed by atoms with Crippen LogP contribution < -0.4 is 4.72 Å². The molecule has 2 N–H and O–H groups in total. The molecule has 5 nitrogen and oxygen atoms in total. The third kappa shape index (κ3) is 2.91. The molecule has 0 spiro atoms. The zero-order chi connectivity index (χ0) is 9.90. The first-order valence-electron chi connectivity index (χ1n) is 4.49. The molecule has 0 aliphatic heterocycles. The molecule has 6 heteroatoms. The second-order valence-electron chi connectivity index (χ2n) is 3.07. The Balaban J connectivity index is 2.61. The van der Waals surface area contributed by atoms with Crippen molar-refractivity contribution in [1.82, 2.24) is 9.03 Å². The van der Waals surface area contributed by atoms with Crippen molar-refractivity contribution in [2.45, 2.75) is 25.8 Å². The van der Waals surface area contributed by atoms with E-state index >= 15 is 0 Å². The van der Waals surface area contributed by atoms with Crippen LogP contribution >= 0.6 is 0 Å². The van der Waals surface area contributed by atoms with Gasteiger partial charge in [-0.15, -0.1) is 0 Å². The minimum absolute atomic E-state index is 0.108. The topological polar surface area (TPSA) is 69.6 Å². The molecule has 1 aliphatic carbocycles.